The number of ketones is 1. The highest BCUT2D eigenvalue weighted by Gasteiger charge is 2.11. The Balaban J connectivity index is 2.19. The van der Waals surface area contributed by atoms with Gasteiger partial charge in [0.2, 0.25) is 0 Å². The molecule has 0 aliphatic carbocycles. The van der Waals surface area contributed by atoms with Crippen LogP contribution >= 0.6 is 11.3 Å². The van der Waals surface area contributed by atoms with Crippen LogP contribution in [0.3, 0.4) is 0 Å². The average molecular weight is 220 g/mol. The molecule has 78 valence electrons. The fraction of sp³-hybridized carbons (Fsp3) is 0.273. The first-order valence-electron chi connectivity index (χ1n) is 4.90. The summed E-state index contributed by atoms with van der Waals surface area (Å²) in [5.74, 6) is 0.0543. The van der Waals surface area contributed by atoms with Crippen LogP contribution in [0.4, 0.5) is 0 Å². The Morgan fingerprint density at radius 3 is 3.07 bits per heavy atom. The van der Waals surface area contributed by atoms with Crippen LogP contribution in [-0.4, -0.2) is 15.6 Å². The Morgan fingerprint density at radius 2 is 2.40 bits per heavy atom. The lowest BCUT2D eigenvalue weighted by Gasteiger charge is -1.95. The summed E-state index contributed by atoms with van der Waals surface area (Å²) in [6, 6.07) is 1.84. The van der Waals surface area contributed by atoms with E-state index >= 15 is 0 Å². The maximum absolute atomic E-state index is 11.9. The first-order valence-corrected chi connectivity index (χ1v) is 5.85. The van der Waals surface area contributed by atoms with E-state index in [1.165, 1.54) is 11.3 Å². The molecule has 2 heterocycles. The van der Waals surface area contributed by atoms with E-state index in [2.05, 4.69) is 12.0 Å². The summed E-state index contributed by atoms with van der Waals surface area (Å²) in [7, 11) is 0. The van der Waals surface area contributed by atoms with E-state index in [4.69, 9.17) is 0 Å². The van der Waals surface area contributed by atoms with Crippen molar-refractivity contribution in [2.45, 2.75) is 19.9 Å². The number of nitrogens with zero attached hydrogens (tertiary/aromatic N) is 2. The lowest BCUT2D eigenvalue weighted by Crippen LogP contribution is -1.99. The molecule has 2 aromatic rings. The fourth-order valence-corrected chi connectivity index (χ4v) is 2.03. The van der Waals surface area contributed by atoms with Crippen molar-refractivity contribution < 1.29 is 4.79 Å². The van der Waals surface area contributed by atoms with Gasteiger partial charge in [0.05, 0.1) is 11.8 Å². The van der Waals surface area contributed by atoms with Gasteiger partial charge in [-0.3, -0.25) is 9.48 Å². The van der Waals surface area contributed by atoms with Gasteiger partial charge in [-0.05, 0) is 17.9 Å². The summed E-state index contributed by atoms with van der Waals surface area (Å²) in [4.78, 5) is 11.9. The average Bonchev–Trinajstić information content (AvgIpc) is 2.87. The van der Waals surface area contributed by atoms with Gasteiger partial charge in [-0.1, -0.05) is 6.92 Å². The van der Waals surface area contributed by atoms with Crippen molar-refractivity contribution in [1.82, 2.24) is 9.78 Å². The molecule has 0 aliphatic heterocycles. The van der Waals surface area contributed by atoms with Crippen LogP contribution < -0.4 is 0 Å². The Labute approximate surface area is 92.4 Å². The highest BCUT2D eigenvalue weighted by atomic mass is 32.1. The normalized spacial score (nSPS) is 10.5. The molecule has 0 aromatic carbocycles. The third-order valence-corrected chi connectivity index (χ3v) is 2.81. The first kappa shape index (κ1) is 10.1. The maximum Gasteiger partial charge on any atom is 0.197 e. The lowest BCUT2D eigenvalue weighted by atomic mass is 10.1. The minimum absolute atomic E-state index is 0.0543. The molecular formula is C11H12N2OS. The van der Waals surface area contributed by atoms with Crippen molar-refractivity contribution in [2.75, 3.05) is 0 Å². The van der Waals surface area contributed by atoms with Crippen molar-refractivity contribution in [3.8, 4) is 0 Å². The Morgan fingerprint density at radius 1 is 1.53 bits per heavy atom. The van der Waals surface area contributed by atoms with E-state index in [1.807, 2.05) is 23.0 Å². The summed E-state index contributed by atoms with van der Waals surface area (Å²) in [5.41, 5.74) is 1.41. The van der Waals surface area contributed by atoms with E-state index in [0.29, 0.717) is 5.56 Å². The molecule has 2 aromatic heterocycles. The molecule has 15 heavy (non-hydrogen) atoms. The molecular weight excluding hydrogens is 208 g/mol. The molecule has 4 heteroatoms. The number of rotatable bonds is 4. The zero-order chi connectivity index (χ0) is 10.7. The van der Waals surface area contributed by atoms with E-state index in [1.54, 1.807) is 10.9 Å². The topological polar surface area (TPSA) is 34.9 Å². The van der Waals surface area contributed by atoms with Gasteiger partial charge in [-0.25, -0.2) is 0 Å². The van der Waals surface area contributed by atoms with E-state index in [0.717, 1.165) is 18.5 Å². The monoisotopic (exact) mass is 220 g/mol. The van der Waals surface area contributed by atoms with Gasteiger partial charge >= 0.3 is 0 Å². The molecule has 0 N–H and O–H groups in total. The first-order chi connectivity index (χ1) is 7.31. The number of aryl methyl sites for hydroxylation is 1. The van der Waals surface area contributed by atoms with Crippen LogP contribution in [0, 0.1) is 0 Å². The molecule has 0 unspecified atom stereocenters. The number of aromatic nitrogens is 2. The van der Waals surface area contributed by atoms with Gasteiger partial charge in [0.1, 0.15) is 0 Å². The van der Waals surface area contributed by atoms with Gasteiger partial charge in [0, 0.05) is 23.7 Å². The number of carbonyl (C=O) groups excluding carboxylic acids is 1. The van der Waals surface area contributed by atoms with Crippen molar-refractivity contribution in [3.63, 3.8) is 0 Å². The van der Waals surface area contributed by atoms with Crippen molar-refractivity contribution in [1.29, 1.82) is 0 Å². The molecule has 0 saturated carbocycles. The molecule has 0 radical (unpaired) electrons. The smallest absolute Gasteiger partial charge is 0.197 e. The highest BCUT2D eigenvalue weighted by Crippen LogP contribution is 2.12. The quantitative estimate of drug-likeness (QED) is 0.742. The maximum atomic E-state index is 11.9. The predicted molar refractivity (Wildman–Crippen MR) is 60.3 cm³/mol. The van der Waals surface area contributed by atoms with Crippen LogP contribution in [0.25, 0.3) is 0 Å². The molecule has 0 aliphatic rings. The number of thiophene rings is 1. The molecule has 0 saturated heterocycles. The second-order valence-corrected chi connectivity index (χ2v) is 4.11. The summed E-state index contributed by atoms with van der Waals surface area (Å²) in [6.07, 6.45) is 4.47. The SMILES string of the molecule is CCCn1cc(C(=O)c2ccsc2)cn1. The van der Waals surface area contributed by atoms with E-state index in [9.17, 15) is 4.79 Å². The minimum atomic E-state index is 0.0543. The van der Waals surface area contributed by atoms with Crippen LogP contribution in [0.5, 0.6) is 0 Å². The zero-order valence-corrected chi connectivity index (χ0v) is 9.33. The van der Waals surface area contributed by atoms with Crippen LogP contribution in [-0.2, 0) is 6.54 Å². The summed E-state index contributed by atoms with van der Waals surface area (Å²) in [5, 5.41) is 7.90. The Bertz CT molecular complexity index is 445. The number of carbonyl (C=O) groups is 1. The predicted octanol–water partition coefficient (Wildman–Crippen LogP) is 2.59. The largest absolute Gasteiger partial charge is 0.288 e. The molecule has 0 spiro atoms. The molecule has 3 nitrogen and oxygen atoms in total. The summed E-state index contributed by atoms with van der Waals surface area (Å²) in [6.45, 7) is 2.94. The second-order valence-electron chi connectivity index (χ2n) is 3.33. The zero-order valence-electron chi connectivity index (χ0n) is 8.51. The van der Waals surface area contributed by atoms with Gasteiger partial charge in [-0.2, -0.15) is 16.4 Å². The highest BCUT2D eigenvalue weighted by molar-refractivity contribution is 7.08. The summed E-state index contributed by atoms with van der Waals surface area (Å²) < 4.78 is 1.81. The van der Waals surface area contributed by atoms with E-state index < -0.39 is 0 Å². The van der Waals surface area contributed by atoms with E-state index in [-0.39, 0.29) is 5.78 Å². The third-order valence-electron chi connectivity index (χ3n) is 2.13. The third kappa shape index (κ3) is 2.15. The van der Waals surface area contributed by atoms with Crippen molar-refractivity contribution in [2.24, 2.45) is 0 Å². The number of hydrogen-bond acceptors (Lipinski definition) is 3. The van der Waals surface area contributed by atoms with Crippen LogP contribution in [0.1, 0.15) is 29.3 Å². The molecule has 0 amide bonds. The van der Waals surface area contributed by atoms with Crippen LogP contribution in [0.15, 0.2) is 29.2 Å². The Hall–Kier alpha value is -1.42. The summed E-state index contributed by atoms with van der Waals surface area (Å²) >= 11 is 1.53. The van der Waals surface area contributed by atoms with Crippen molar-refractivity contribution >= 4 is 17.1 Å². The lowest BCUT2D eigenvalue weighted by molar-refractivity contribution is 0.103. The second kappa shape index (κ2) is 4.40. The number of hydrogen-bond donors (Lipinski definition) is 0. The van der Waals surface area contributed by atoms with Crippen molar-refractivity contribution in [3.05, 3.63) is 40.3 Å². The molecule has 2 rings (SSSR count). The molecule has 0 bridgehead atoms. The minimum Gasteiger partial charge on any atom is -0.288 e. The fourth-order valence-electron chi connectivity index (χ4n) is 1.39. The van der Waals surface area contributed by atoms with Gasteiger partial charge in [0.25, 0.3) is 0 Å². The van der Waals surface area contributed by atoms with Gasteiger partial charge in [0.15, 0.2) is 5.78 Å². The molecule has 0 atom stereocenters. The standard InChI is InChI=1S/C11H12N2OS/c1-2-4-13-7-10(6-12-13)11(14)9-3-5-15-8-9/h3,5-8H,2,4H2,1H3. The Kier molecular flexibility index (Phi) is 2.97. The van der Waals surface area contributed by atoms with Gasteiger partial charge in [-0.15, -0.1) is 0 Å². The van der Waals surface area contributed by atoms with Crippen LogP contribution in [0.2, 0.25) is 0 Å². The molecule has 0 fully saturated rings. The van der Waals surface area contributed by atoms with Gasteiger partial charge < -0.3 is 0 Å².